The molecular formula is C13H18N2O. The predicted octanol–water partition coefficient (Wildman–Crippen LogP) is 1.89. The van der Waals surface area contributed by atoms with E-state index < -0.39 is 0 Å². The maximum Gasteiger partial charge on any atom is 0.314 e. The van der Waals surface area contributed by atoms with Crippen LogP contribution in [0.2, 0.25) is 0 Å². The van der Waals surface area contributed by atoms with Crippen LogP contribution < -0.4 is 10.6 Å². The van der Waals surface area contributed by atoms with Crippen molar-refractivity contribution < 1.29 is 4.79 Å². The van der Waals surface area contributed by atoms with Gasteiger partial charge in [0.15, 0.2) is 0 Å². The van der Waals surface area contributed by atoms with Gasteiger partial charge >= 0.3 is 6.03 Å². The first kappa shape index (κ1) is 11.0. The molecule has 1 aliphatic heterocycles. The lowest BCUT2D eigenvalue weighted by Crippen LogP contribution is -2.59. The van der Waals surface area contributed by atoms with Crippen molar-refractivity contribution in [2.75, 3.05) is 13.1 Å². The lowest BCUT2D eigenvalue weighted by atomic mass is 9.71. The highest BCUT2D eigenvalue weighted by atomic mass is 16.2. The van der Waals surface area contributed by atoms with Gasteiger partial charge in [-0.05, 0) is 11.5 Å². The Labute approximate surface area is 96.2 Å². The third-order valence-corrected chi connectivity index (χ3v) is 3.58. The standard InChI is InChI=1S/C13H18N2O/c1-10(2)13(8-14-12(16)15-9-13)11-6-4-3-5-7-11/h3-7,10H,8-9H2,1-2H3,(H2,14,15,16). The van der Waals surface area contributed by atoms with Crippen LogP contribution in [0.15, 0.2) is 30.3 Å². The number of nitrogens with one attached hydrogen (secondary N) is 2. The molecule has 0 radical (unpaired) electrons. The lowest BCUT2D eigenvalue weighted by molar-refractivity contribution is 0.206. The number of rotatable bonds is 2. The zero-order valence-electron chi connectivity index (χ0n) is 9.79. The fourth-order valence-corrected chi connectivity index (χ4v) is 2.32. The number of hydrogen-bond acceptors (Lipinski definition) is 1. The molecule has 0 aliphatic carbocycles. The molecule has 16 heavy (non-hydrogen) atoms. The number of urea groups is 1. The fourth-order valence-electron chi connectivity index (χ4n) is 2.32. The Morgan fingerprint density at radius 2 is 1.69 bits per heavy atom. The minimum Gasteiger partial charge on any atom is -0.337 e. The van der Waals surface area contributed by atoms with Gasteiger partial charge in [0.05, 0.1) is 0 Å². The van der Waals surface area contributed by atoms with Crippen LogP contribution in [0.1, 0.15) is 19.4 Å². The smallest absolute Gasteiger partial charge is 0.314 e. The Kier molecular flexibility index (Phi) is 2.86. The molecule has 3 nitrogen and oxygen atoms in total. The van der Waals surface area contributed by atoms with Crippen molar-refractivity contribution in [3.05, 3.63) is 35.9 Å². The summed E-state index contributed by atoms with van der Waals surface area (Å²) in [5.41, 5.74) is 1.30. The molecule has 1 aliphatic rings. The van der Waals surface area contributed by atoms with E-state index in [4.69, 9.17) is 0 Å². The van der Waals surface area contributed by atoms with Crippen LogP contribution in [0.5, 0.6) is 0 Å². The van der Waals surface area contributed by atoms with Crippen molar-refractivity contribution >= 4 is 6.03 Å². The average Bonchev–Trinajstić information content (AvgIpc) is 2.31. The second-order valence-electron chi connectivity index (χ2n) is 4.71. The SMILES string of the molecule is CC(C)C1(c2ccccc2)CNC(=O)NC1. The maximum absolute atomic E-state index is 11.2. The highest BCUT2D eigenvalue weighted by molar-refractivity contribution is 5.75. The van der Waals surface area contributed by atoms with Gasteiger partial charge in [0.2, 0.25) is 0 Å². The summed E-state index contributed by atoms with van der Waals surface area (Å²) in [6.07, 6.45) is 0. The topological polar surface area (TPSA) is 41.1 Å². The first-order valence-corrected chi connectivity index (χ1v) is 5.72. The Bertz CT molecular complexity index is 363. The molecule has 1 fully saturated rings. The molecule has 2 N–H and O–H groups in total. The van der Waals surface area contributed by atoms with Gasteiger partial charge in [-0.15, -0.1) is 0 Å². The van der Waals surface area contributed by atoms with Crippen molar-refractivity contribution in [3.63, 3.8) is 0 Å². The van der Waals surface area contributed by atoms with E-state index in [-0.39, 0.29) is 11.4 Å². The summed E-state index contributed by atoms with van der Waals surface area (Å²) in [6.45, 7) is 5.82. The van der Waals surface area contributed by atoms with E-state index in [2.05, 4.69) is 48.7 Å². The number of benzene rings is 1. The third-order valence-electron chi connectivity index (χ3n) is 3.58. The van der Waals surface area contributed by atoms with Gasteiger partial charge in [-0.1, -0.05) is 44.2 Å². The number of amides is 2. The van der Waals surface area contributed by atoms with Crippen LogP contribution in [0.3, 0.4) is 0 Å². The molecular weight excluding hydrogens is 200 g/mol. The van der Waals surface area contributed by atoms with Crippen LogP contribution in [-0.4, -0.2) is 19.1 Å². The van der Waals surface area contributed by atoms with E-state index in [1.54, 1.807) is 0 Å². The van der Waals surface area contributed by atoms with Crippen molar-refractivity contribution in [1.82, 2.24) is 10.6 Å². The Hall–Kier alpha value is -1.51. The molecule has 86 valence electrons. The number of carbonyl (C=O) groups is 1. The second kappa shape index (κ2) is 4.16. The van der Waals surface area contributed by atoms with Gasteiger partial charge in [-0.3, -0.25) is 0 Å². The molecule has 2 amide bonds. The Morgan fingerprint density at radius 1 is 1.12 bits per heavy atom. The van der Waals surface area contributed by atoms with Crippen LogP contribution in [-0.2, 0) is 5.41 Å². The summed E-state index contributed by atoms with van der Waals surface area (Å²) >= 11 is 0. The summed E-state index contributed by atoms with van der Waals surface area (Å²) in [5, 5.41) is 5.81. The quantitative estimate of drug-likeness (QED) is 0.782. The average molecular weight is 218 g/mol. The Morgan fingerprint density at radius 3 is 2.19 bits per heavy atom. The van der Waals surface area contributed by atoms with Gasteiger partial charge in [0, 0.05) is 18.5 Å². The molecule has 0 spiro atoms. The molecule has 3 heteroatoms. The summed E-state index contributed by atoms with van der Waals surface area (Å²) < 4.78 is 0. The van der Waals surface area contributed by atoms with Gasteiger partial charge in [-0.2, -0.15) is 0 Å². The van der Waals surface area contributed by atoms with Crippen molar-refractivity contribution in [2.45, 2.75) is 19.3 Å². The van der Waals surface area contributed by atoms with Crippen LogP contribution in [0.25, 0.3) is 0 Å². The van der Waals surface area contributed by atoms with Crippen molar-refractivity contribution in [3.8, 4) is 0 Å². The van der Waals surface area contributed by atoms with Crippen molar-refractivity contribution in [1.29, 1.82) is 0 Å². The molecule has 1 aromatic carbocycles. The van der Waals surface area contributed by atoms with E-state index in [9.17, 15) is 4.79 Å². The molecule has 1 aromatic rings. The molecule has 0 bridgehead atoms. The third kappa shape index (κ3) is 1.77. The predicted molar refractivity (Wildman–Crippen MR) is 64.4 cm³/mol. The molecule has 2 rings (SSSR count). The van der Waals surface area contributed by atoms with Crippen LogP contribution >= 0.6 is 0 Å². The highest BCUT2D eigenvalue weighted by Gasteiger charge is 2.38. The summed E-state index contributed by atoms with van der Waals surface area (Å²) in [5.74, 6) is 0.475. The van der Waals surface area contributed by atoms with Gasteiger partial charge < -0.3 is 10.6 Å². The summed E-state index contributed by atoms with van der Waals surface area (Å²) in [4.78, 5) is 11.2. The molecule has 1 saturated heterocycles. The molecule has 0 aromatic heterocycles. The second-order valence-corrected chi connectivity index (χ2v) is 4.71. The highest BCUT2D eigenvalue weighted by Crippen LogP contribution is 2.32. The molecule has 0 atom stereocenters. The minimum atomic E-state index is -0.0628. The Balaban J connectivity index is 2.33. The van der Waals surface area contributed by atoms with Crippen LogP contribution in [0, 0.1) is 5.92 Å². The number of hydrogen-bond donors (Lipinski definition) is 2. The van der Waals surface area contributed by atoms with Gasteiger partial charge in [0.1, 0.15) is 0 Å². The van der Waals surface area contributed by atoms with E-state index in [0.717, 1.165) is 0 Å². The monoisotopic (exact) mass is 218 g/mol. The van der Waals surface area contributed by atoms with E-state index in [0.29, 0.717) is 19.0 Å². The lowest BCUT2D eigenvalue weighted by Gasteiger charge is -2.41. The van der Waals surface area contributed by atoms with Gasteiger partial charge in [0.25, 0.3) is 0 Å². The summed E-state index contributed by atoms with van der Waals surface area (Å²) in [7, 11) is 0. The van der Waals surface area contributed by atoms with Crippen molar-refractivity contribution in [2.24, 2.45) is 5.92 Å². The molecule has 0 unspecified atom stereocenters. The normalized spacial score (nSPS) is 19.1. The largest absolute Gasteiger partial charge is 0.337 e. The minimum absolute atomic E-state index is 0.00910. The first-order valence-electron chi connectivity index (χ1n) is 5.72. The zero-order chi connectivity index (χ0) is 11.6. The molecule has 1 heterocycles. The van der Waals surface area contributed by atoms with Crippen LogP contribution in [0.4, 0.5) is 4.79 Å². The first-order chi connectivity index (χ1) is 7.65. The zero-order valence-corrected chi connectivity index (χ0v) is 9.79. The van der Waals surface area contributed by atoms with Gasteiger partial charge in [-0.25, -0.2) is 4.79 Å². The van der Waals surface area contributed by atoms with E-state index in [1.807, 2.05) is 6.07 Å². The fraction of sp³-hybridized carbons (Fsp3) is 0.462. The van der Waals surface area contributed by atoms with E-state index >= 15 is 0 Å². The van der Waals surface area contributed by atoms with E-state index in [1.165, 1.54) is 5.56 Å². The maximum atomic E-state index is 11.2. The summed E-state index contributed by atoms with van der Waals surface area (Å²) in [6, 6.07) is 10.3. The molecule has 0 saturated carbocycles. The number of carbonyl (C=O) groups excluding carboxylic acids is 1.